The van der Waals surface area contributed by atoms with Gasteiger partial charge in [-0.15, -0.1) is 0 Å². The molecule has 0 saturated heterocycles. The number of fused-ring (bicyclic) bond motifs is 2. The molecule has 9 nitrogen and oxygen atoms in total. The van der Waals surface area contributed by atoms with Gasteiger partial charge in [-0.1, -0.05) is 19.1 Å². The van der Waals surface area contributed by atoms with Gasteiger partial charge >= 0.3 is 0 Å². The molecular formula is C30H39N3O6. The first-order valence-electron chi connectivity index (χ1n) is 13.6. The van der Waals surface area contributed by atoms with Gasteiger partial charge in [-0.3, -0.25) is 14.5 Å². The highest BCUT2D eigenvalue weighted by atomic mass is 16.5. The summed E-state index contributed by atoms with van der Waals surface area (Å²) in [4.78, 5) is 30.3. The third kappa shape index (κ3) is 5.45. The minimum absolute atomic E-state index is 0.0209. The number of benzene rings is 2. The van der Waals surface area contributed by atoms with Gasteiger partial charge < -0.3 is 30.3 Å². The van der Waals surface area contributed by atoms with E-state index in [0.29, 0.717) is 49.4 Å². The molecule has 0 aromatic heterocycles. The number of rotatable bonds is 12. The average Bonchev–Trinajstić information content (AvgIpc) is 3.13. The molecule has 4 rings (SSSR count). The van der Waals surface area contributed by atoms with Crippen LogP contribution in [0.15, 0.2) is 48.6 Å². The quantitative estimate of drug-likeness (QED) is 0.243. The molecule has 0 spiro atoms. The van der Waals surface area contributed by atoms with Gasteiger partial charge in [0.05, 0.1) is 24.0 Å². The Kier molecular flexibility index (Phi) is 9.07. The molecule has 0 saturated carbocycles. The summed E-state index contributed by atoms with van der Waals surface area (Å²) in [5, 5.41) is 33.4. The molecule has 0 bridgehead atoms. The highest BCUT2D eigenvalue weighted by Gasteiger charge is 2.52. The lowest BCUT2D eigenvalue weighted by molar-refractivity contribution is -0.139. The molecule has 3 atom stereocenters. The van der Waals surface area contributed by atoms with Crippen molar-refractivity contribution in [2.75, 3.05) is 43.2 Å². The lowest BCUT2D eigenvalue weighted by Crippen LogP contribution is -2.49. The average molecular weight is 538 g/mol. The molecular weight excluding hydrogens is 498 g/mol. The van der Waals surface area contributed by atoms with Crippen LogP contribution in [-0.4, -0.2) is 66.6 Å². The topological polar surface area (TPSA) is 123 Å². The second-order valence-corrected chi connectivity index (χ2v) is 10.1. The highest BCUT2D eigenvalue weighted by Crippen LogP contribution is 2.47. The zero-order chi connectivity index (χ0) is 28.2. The summed E-state index contributed by atoms with van der Waals surface area (Å²) >= 11 is 0. The molecule has 9 heteroatoms. The number of hydrogen-bond acceptors (Lipinski definition) is 7. The molecule has 39 heavy (non-hydrogen) atoms. The number of nitrogens with one attached hydrogen (secondary N) is 1. The summed E-state index contributed by atoms with van der Waals surface area (Å²) in [7, 11) is 1.63. The summed E-state index contributed by atoms with van der Waals surface area (Å²) in [6, 6.07) is 10.5. The van der Waals surface area contributed by atoms with Crippen LogP contribution in [0.3, 0.4) is 0 Å². The zero-order valence-corrected chi connectivity index (χ0v) is 22.9. The summed E-state index contributed by atoms with van der Waals surface area (Å²) in [6.45, 7) is 4.89. The summed E-state index contributed by atoms with van der Waals surface area (Å²) in [6.07, 6.45) is 5.81. The van der Waals surface area contributed by atoms with Crippen molar-refractivity contribution in [3.05, 3.63) is 59.7 Å². The zero-order valence-electron chi connectivity index (χ0n) is 22.9. The molecule has 0 radical (unpaired) electrons. The Morgan fingerprint density at radius 1 is 1.13 bits per heavy atom. The molecule has 2 aliphatic rings. The van der Waals surface area contributed by atoms with E-state index >= 15 is 0 Å². The Labute approximate surface area is 229 Å². The first kappa shape index (κ1) is 28.8. The normalized spacial score (nSPS) is 21.4. The van der Waals surface area contributed by atoms with Crippen molar-refractivity contribution in [1.29, 1.82) is 0 Å². The van der Waals surface area contributed by atoms with Gasteiger partial charge in [-0.05, 0) is 81.1 Å². The second kappa shape index (κ2) is 12.3. The van der Waals surface area contributed by atoms with Crippen molar-refractivity contribution < 1.29 is 29.6 Å². The van der Waals surface area contributed by atoms with Crippen LogP contribution in [0.2, 0.25) is 0 Å². The number of amides is 2. The van der Waals surface area contributed by atoms with Crippen LogP contribution in [0.1, 0.15) is 44.2 Å². The van der Waals surface area contributed by atoms with E-state index in [4.69, 9.17) is 14.9 Å². The number of hydrogen-bond donors (Lipinski definition) is 4. The van der Waals surface area contributed by atoms with Crippen molar-refractivity contribution in [2.45, 2.75) is 51.2 Å². The highest BCUT2D eigenvalue weighted by molar-refractivity contribution is 6.10. The van der Waals surface area contributed by atoms with Crippen LogP contribution in [0.25, 0.3) is 0 Å². The van der Waals surface area contributed by atoms with Crippen molar-refractivity contribution in [3.8, 4) is 5.75 Å². The standard InChI is InChI=1S/C30H39N3O6/c1-4-39-23-11-13-26-21(17-23)18-25(31-14-6-8-16-35)28(36)33(26)22-10-12-27-24(19-22)30(38,29(37)32(27)3)20(2)9-5-7-15-34/h5,9-13,17,19-20,25,31,34-35,38H,4,6-8,14-16,18H2,1-3H3/b9-5+/t20-,25?,30+/m1/s1. The number of carbonyl (C=O) groups is 2. The first-order chi connectivity index (χ1) is 18.8. The van der Waals surface area contributed by atoms with E-state index in [1.165, 1.54) is 4.90 Å². The maximum atomic E-state index is 13.9. The lowest BCUT2D eigenvalue weighted by Gasteiger charge is -2.35. The largest absolute Gasteiger partial charge is 0.494 e. The number of carbonyl (C=O) groups excluding carboxylic acids is 2. The first-order valence-corrected chi connectivity index (χ1v) is 13.6. The van der Waals surface area contributed by atoms with Crippen LogP contribution in [0, 0.1) is 5.92 Å². The van der Waals surface area contributed by atoms with E-state index in [2.05, 4.69) is 5.32 Å². The van der Waals surface area contributed by atoms with E-state index in [-0.39, 0.29) is 19.1 Å². The number of nitrogens with zero attached hydrogens (tertiary/aromatic N) is 2. The third-order valence-electron chi connectivity index (χ3n) is 7.54. The van der Waals surface area contributed by atoms with Gasteiger partial charge in [0, 0.05) is 37.4 Å². The maximum absolute atomic E-state index is 13.9. The Morgan fingerprint density at radius 3 is 2.62 bits per heavy atom. The van der Waals surface area contributed by atoms with Gasteiger partial charge in [0.15, 0.2) is 5.60 Å². The Morgan fingerprint density at radius 2 is 1.90 bits per heavy atom. The number of ether oxygens (including phenoxy) is 1. The number of aliphatic hydroxyl groups is 3. The predicted octanol–water partition coefficient (Wildman–Crippen LogP) is 2.78. The Bertz CT molecular complexity index is 1230. The smallest absolute Gasteiger partial charge is 0.264 e. The summed E-state index contributed by atoms with van der Waals surface area (Å²) < 4.78 is 5.72. The van der Waals surface area contributed by atoms with Crippen LogP contribution in [0.4, 0.5) is 17.1 Å². The monoisotopic (exact) mass is 537 g/mol. The number of aliphatic hydroxyl groups excluding tert-OH is 2. The van der Waals surface area contributed by atoms with Gasteiger partial charge in [-0.25, -0.2) is 0 Å². The Balaban J connectivity index is 1.76. The van der Waals surface area contributed by atoms with Crippen molar-refractivity contribution in [3.63, 3.8) is 0 Å². The van der Waals surface area contributed by atoms with Gasteiger partial charge in [-0.2, -0.15) is 0 Å². The van der Waals surface area contributed by atoms with Crippen LogP contribution in [0.5, 0.6) is 5.75 Å². The Hall–Kier alpha value is -3.24. The molecule has 4 N–H and O–H groups in total. The molecule has 2 amide bonds. The molecule has 2 aliphatic heterocycles. The summed E-state index contributed by atoms with van der Waals surface area (Å²) in [5.41, 5.74) is 1.45. The minimum atomic E-state index is -1.81. The lowest BCUT2D eigenvalue weighted by atomic mass is 9.82. The fourth-order valence-corrected chi connectivity index (χ4v) is 5.42. The van der Waals surface area contributed by atoms with Crippen LogP contribution < -0.4 is 19.9 Å². The van der Waals surface area contributed by atoms with Gasteiger partial charge in [0.1, 0.15) is 5.75 Å². The van der Waals surface area contributed by atoms with E-state index in [1.54, 1.807) is 49.2 Å². The van der Waals surface area contributed by atoms with Crippen LogP contribution in [-0.2, 0) is 21.6 Å². The van der Waals surface area contributed by atoms with Crippen molar-refractivity contribution in [2.24, 2.45) is 5.92 Å². The maximum Gasteiger partial charge on any atom is 0.264 e. The van der Waals surface area contributed by atoms with Crippen LogP contribution >= 0.6 is 0 Å². The second-order valence-electron chi connectivity index (χ2n) is 10.1. The molecule has 0 fully saturated rings. The summed E-state index contributed by atoms with van der Waals surface area (Å²) in [5.74, 6) is -0.406. The molecule has 0 aliphatic carbocycles. The van der Waals surface area contributed by atoms with E-state index in [9.17, 15) is 14.7 Å². The predicted molar refractivity (Wildman–Crippen MR) is 150 cm³/mol. The van der Waals surface area contributed by atoms with Crippen molar-refractivity contribution >= 4 is 28.9 Å². The SMILES string of the molecule is CCOc1ccc2c(c1)CC(NCCCCO)C(=O)N2c1ccc2c(c1)[C@@](O)([C@H](C)/C=C/CCO)C(=O)N2C. The fraction of sp³-hybridized carbons (Fsp3) is 0.467. The third-order valence-corrected chi connectivity index (χ3v) is 7.54. The van der Waals surface area contributed by atoms with E-state index in [0.717, 1.165) is 23.4 Å². The number of unbranched alkanes of at least 4 members (excludes halogenated alkanes) is 1. The van der Waals surface area contributed by atoms with Crippen molar-refractivity contribution in [1.82, 2.24) is 5.32 Å². The van der Waals surface area contributed by atoms with Gasteiger partial charge in [0.2, 0.25) is 5.91 Å². The molecule has 1 unspecified atom stereocenters. The minimum Gasteiger partial charge on any atom is -0.494 e. The molecule has 2 aromatic rings. The molecule has 210 valence electrons. The van der Waals surface area contributed by atoms with E-state index in [1.807, 2.05) is 25.1 Å². The molecule has 2 heterocycles. The molecule has 2 aromatic carbocycles. The number of anilines is 3. The van der Waals surface area contributed by atoms with E-state index < -0.39 is 23.5 Å². The van der Waals surface area contributed by atoms with Gasteiger partial charge in [0.25, 0.3) is 5.91 Å². The number of likely N-dealkylation sites (N-methyl/N-ethyl adjacent to an activating group) is 1. The fourth-order valence-electron chi connectivity index (χ4n) is 5.42.